The summed E-state index contributed by atoms with van der Waals surface area (Å²) in [6, 6.07) is 6.37. The lowest BCUT2D eigenvalue weighted by molar-refractivity contribution is -0.156. The van der Waals surface area contributed by atoms with E-state index in [0.717, 1.165) is 25.3 Å². The number of alkyl halides is 3. The zero-order valence-corrected chi connectivity index (χ0v) is 10.8. The predicted octanol–water partition coefficient (Wildman–Crippen LogP) is 2.43. The van der Waals surface area contributed by atoms with Gasteiger partial charge in [-0.25, -0.2) is 0 Å². The number of hydrogen-bond donors (Lipinski definition) is 0. The van der Waals surface area contributed by atoms with Crippen molar-refractivity contribution in [3.63, 3.8) is 0 Å². The highest BCUT2D eigenvalue weighted by atomic mass is 19.4. The first-order chi connectivity index (χ1) is 8.85. The smallest absolute Gasteiger partial charge is 0.446 e. The second-order valence-electron chi connectivity index (χ2n) is 4.28. The van der Waals surface area contributed by atoms with E-state index in [1.54, 1.807) is 7.11 Å². The number of methoxy groups -OCH3 is 1. The van der Waals surface area contributed by atoms with Crippen LogP contribution in [0, 0.1) is 0 Å². The van der Waals surface area contributed by atoms with E-state index in [1.807, 2.05) is 6.07 Å². The van der Waals surface area contributed by atoms with E-state index in [2.05, 4.69) is 24.1 Å². The third-order valence-corrected chi connectivity index (χ3v) is 2.75. The van der Waals surface area contributed by atoms with Crippen LogP contribution in [0.4, 0.5) is 13.2 Å². The first-order valence-electron chi connectivity index (χ1n) is 5.73. The van der Waals surface area contributed by atoms with Crippen molar-refractivity contribution in [3.05, 3.63) is 29.3 Å². The number of nitrogens with zero attached hydrogens (tertiary/aromatic N) is 1. The van der Waals surface area contributed by atoms with Crippen molar-refractivity contribution in [1.29, 1.82) is 0 Å². The molecule has 0 atom stereocenters. The van der Waals surface area contributed by atoms with Crippen LogP contribution in [0.3, 0.4) is 0 Å². The van der Waals surface area contributed by atoms with Crippen molar-refractivity contribution in [2.24, 2.45) is 0 Å². The average molecular weight is 275 g/mol. The molecular weight excluding hydrogens is 259 g/mol. The average Bonchev–Trinajstić information content (AvgIpc) is 2.38. The van der Waals surface area contributed by atoms with E-state index in [4.69, 9.17) is 9.53 Å². The lowest BCUT2D eigenvalue weighted by Gasteiger charge is -2.25. The molecule has 0 bridgehead atoms. The highest BCUT2D eigenvalue weighted by Gasteiger charge is 2.24. The number of rotatable bonds is 1. The third-order valence-electron chi connectivity index (χ3n) is 2.75. The normalized spacial score (nSPS) is 15.0. The molecule has 0 aromatic heterocycles. The summed E-state index contributed by atoms with van der Waals surface area (Å²) in [5.74, 6) is 0.975. The van der Waals surface area contributed by atoms with Crippen LogP contribution in [0.15, 0.2) is 18.2 Å². The van der Waals surface area contributed by atoms with Crippen molar-refractivity contribution in [3.8, 4) is 5.75 Å². The fourth-order valence-electron chi connectivity index (χ4n) is 1.80. The van der Waals surface area contributed by atoms with Gasteiger partial charge in [-0.3, -0.25) is 4.79 Å². The summed E-state index contributed by atoms with van der Waals surface area (Å²) in [5, 5.41) is 0. The molecule has 0 unspecified atom stereocenters. The zero-order valence-electron chi connectivity index (χ0n) is 10.8. The van der Waals surface area contributed by atoms with E-state index < -0.39 is 12.5 Å². The standard InChI is InChI=1S/C11H15NO.C2HF3O/c1-12-6-5-9-7-11(13-2)4-3-10(9)8-12;3-2(4,5)1-6/h3-4,7H,5-6,8H2,1-2H3;1H. The predicted molar refractivity (Wildman–Crippen MR) is 65.2 cm³/mol. The number of likely N-dealkylation sites (N-methyl/N-ethyl adjacent to an activating group) is 1. The maximum Gasteiger partial charge on any atom is 0.446 e. The number of carbonyl (C=O) groups excluding carboxylic acids is 1. The van der Waals surface area contributed by atoms with E-state index in [1.165, 1.54) is 11.1 Å². The third kappa shape index (κ3) is 5.30. The molecule has 1 aromatic carbocycles. The van der Waals surface area contributed by atoms with Crippen LogP contribution < -0.4 is 4.74 Å². The van der Waals surface area contributed by atoms with Crippen LogP contribution in [-0.4, -0.2) is 38.1 Å². The number of carbonyl (C=O) groups is 1. The fourth-order valence-corrected chi connectivity index (χ4v) is 1.80. The van der Waals surface area contributed by atoms with Gasteiger partial charge in [0, 0.05) is 13.1 Å². The van der Waals surface area contributed by atoms with Gasteiger partial charge >= 0.3 is 6.18 Å². The maximum absolute atomic E-state index is 10.4. The highest BCUT2D eigenvalue weighted by Crippen LogP contribution is 2.22. The quantitative estimate of drug-likeness (QED) is 0.737. The maximum atomic E-state index is 10.4. The molecular formula is C13H16F3NO2. The fraction of sp³-hybridized carbons (Fsp3) is 0.462. The molecule has 1 aliphatic heterocycles. The molecule has 106 valence electrons. The largest absolute Gasteiger partial charge is 0.497 e. The minimum absolute atomic E-state index is 0.975. The SMILES string of the molecule is COc1ccc2c(c1)CCN(C)C2.O=CC(F)(F)F. The summed E-state index contributed by atoms with van der Waals surface area (Å²) in [7, 11) is 3.88. The zero-order chi connectivity index (χ0) is 14.5. The molecule has 0 fully saturated rings. The van der Waals surface area contributed by atoms with Crippen LogP contribution in [0.2, 0.25) is 0 Å². The van der Waals surface area contributed by atoms with Crippen molar-refractivity contribution in [2.75, 3.05) is 20.7 Å². The summed E-state index contributed by atoms with van der Waals surface area (Å²) in [5.41, 5.74) is 2.88. The van der Waals surface area contributed by atoms with Gasteiger partial charge in [0.25, 0.3) is 0 Å². The van der Waals surface area contributed by atoms with E-state index in [9.17, 15) is 13.2 Å². The lowest BCUT2D eigenvalue weighted by Crippen LogP contribution is -2.26. The van der Waals surface area contributed by atoms with E-state index in [-0.39, 0.29) is 0 Å². The molecule has 0 amide bonds. The van der Waals surface area contributed by atoms with Gasteiger partial charge in [-0.1, -0.05) is 6.07 Å². The van der Waals surface area contributed by atoms with Gasteiger partial charge in [-0.05, 0) is 36.7 Å². The van der Waals surface area contributed by atoms with Gasteiger partial charge in [0.2, 0.25) is 6.29 Å². The van der Waals surface area contributed by atoms with Gasteiger partial charge in [-0.15, -0.1) is 0 Å². The second kappa shape index (κ2) is 6.56. The molecule has 0 spiro atoms. The molecule has 1 aliphatic rings. The molecule has 6 heteroatoms. The Labute approximate surface area is 110 Å². The molecule has 3 nitrogen and oxygen atoms in total. The van der Waals surface area contributed by atoms with Gasteiger partial charge < -0.3 is 9.64 Å². The van der Waals surface area contributed by atoms with Gasteiger partial charge in [0.15, 0.2) is 0 Å². The van der Waals surface area contributed by atoms with E-state index >= 15 is 0 Å². The van der Waals surface area contributed by atoms with Crippen LogP contribution in [0.1, 0.15) is 11.1 Å². The molecule has 0 saturated heterocycles. The molecule has 1 aromatic rings. The first-order valence-corrected chi connectivity index (χ1v) is 5.73. The molecule has 0 radical (unpaired) electrons. The van der Waals surface area contributed by atoms with Crippen LogP contribution in [0.5, 0.6) is 5.75 Å². The van der Waals surface area contributed by atoms with Gasteiger partial charge in [0.1, 0.15) is 5.75 Å². The van der Waals surface area contributed by atoms with Crippen molar-refractivity contribution in [2.45, 2.75) is 19.1 Å². The number of fused-ring (bicyclic) bond motifs is 1. The number of aldehydes is 1. The number of halogens is 3. The molecule has 0 N–H and O–H groups in total. The Morgan fingerprint density at radius 1 is 1.32 bits per heavy atom. The Bertz CT molecular complexity index is 432. The summed E-state index contributed by atoms with van der Waals surface area (Å²) in [4.78, 5) is 11.0. The highest BCUT2D eigenvalue weighted by molar-refractivity contribution is 5.56. The summed E-state index contributed by atoms with van der Waals surface area (Å²) in [6.45, 7) is 2.22. The topological polar surface area (TPSA) is 29.5 Å². The summed E-state index contributed by atoms with van der Waals surface area (Å²) < 4.78 is 36.4. The van der Waals surface area contributed by atoms with Crippen molar-refractivity contribution in [1.82, 2.24) is 4.90 Å². The Hall–Kier alpha value is -1.56. The number of hydrogen-bond acceptors (Lipinski definition) is 3. The van der Waals surface area contributed by atoms with E-state index in [0.29, 0.717) is 0 Å². The monoisotopic (exact) mass is 275 g/mol. The Balaban J connectivity index is 0.000000258. The molecule has 0 aliphatic carbocycles. The second-order valence-corrected chi connectivity index (χ2v) is 4.28. The Morgan fingerprint density at radius 2 is 1.95 bits per heavy atom. The summed E-state index contributed by atoms with van der Waals surface area (Å²) >= 11 is 0. The minimum Gasteiger partial charge on any atom is -0.497 e. The van der Waals surface area contributed by atoms with Crippen molar-refractivity contribution < 1.29 is 22.7 Å². The molecule has 2 rings (SSSR count). The minimum atomic E-state index is -4.64. The first kappa shape index (κ1) is 15.5. The molecule has 1 heterocycles. The molecule has 0 saturated carbocycles. The molecule has 19 heavy (non-hydrogen) atoms. The van der Waals surface area contributed by atoms with Gasteiger partial charge in [-0.2, -0.15) is 13.2 Å². The summed E-state index contributed by atoms with van der Waals surface area (Å²) in [6.07, 6.45) is -4.56. The Kier molecular flexibility index (Phi) is 5.35. The van der Waals surface area contributed by atoms with Crippen LogP contribution in [0.25, 0.3) is 0 Å². The van der Waals surface area contributed by atoms with Crippen LogP contribution in [-0.2, 0) is 17.8 Å². The lowest BCUT2D eigenvalue weighted by atomic mass is 10.00. The Morgan fingerprint density at radius 3 is 2.47 bits per heavy atom. The number of benzene rings is 1. The number of ether oxygens (including phenoxy) is 1. The van der Waals surface area contributed by atoms with Crippen LogP contribution >= 0.6 is 0 Å². The van der Waals surface area contributed by atoms with Gasteiger partial charge in [0.05, 0.1) is 7.11 Å². The van der Waals surface area contributed by atoms with Crippen molar-refractivity contribution >= 4 is 6.29 Å².